The minimum Gasteiger partial charge on any atom is -0.308 e. The first-order valence-corrected chi connectivity index (χ1v) is 6.45. The molecule has 1 aromatic rings. The summed E-state index contributed by atoms with van der Waals surface area (Å²) in [6, 6.07) is 6.90. The van der Waals surface area contributed by atoms with Gasteiger partial charge in [-0.15, -0.1) is 0 Å². The minimum atomic E-state index is 0.189. The molecular formula is C15H23N. The van der Waals surface area contributed by atoms with Crippen LogP contribution in [0.15, 0.2) is 18.2 Å². The van der Waals surface area contributed by atoms with Crippen LogP contribution in [0.5, 0.6) is 0 Å². The zero-order valence-electron chi connectivity index (χ0n) is 10.8. The molecule has 1 N–H and O–H groups in total. The van der Waals surface area contributed by atoms with Gasteiger partial charge in [0.05, 0.1) is 0 Å². The first-order valence-electron chi connectivity index (χ1n) is 6.45. The third-order valence-corrected chi connectivity index (χ3v) is 4.01. The Kier molecular flexibility index (Phi) is 3.34. The Morgan fingerprint density at radius 1 is 1.06 bits per heavy atom. The van der Waals surface area contributed by atoms with Crippen molar-refractivity contribution in [1.29, 1.82) is 0 Å². The Labute approximate surface area is 99.3 Å². The van der Waals surface area contributed by atoms with Crippen LogP contribution in [0.4, 0.5) is 0 Å². The molecule has 0 spiro atoms. The van der Waals surface area contributed by atoms with Crippen LogP contribution in [-0.4, -0.2) is 6.54 Å². The van der Waals surface area contributed by atoms with Crippen LogP contribution in [-0.2, 0) is 5.54 Å². The van der Waals surface area contributed by atoms with Crippen molar-refractivity contribution in [3.63, 3.8) is 0 Å². The zero-order chi connectivity index (χ0) is 11.6. The Morgan fingerprint density at radius 2 is 1.88 bits per heavy atom. The summed E-state index contributed by atoms with van der Waals surface area (Å²) in [7, 11) is 0. The molecule has 1 aliphatic heterocycles. The predicted octanol–water partition coefficient (Wildman–Crippen LogP) is 3.68. The van der Waals surface area contributed by atoms with E-state index in [4.69, 9.17) is 0 Å². The smallest absolute Gasteiger partial charge is 0.0406 e. The number of aryl methyl sites for hydroxylation is 2. The van der Waals surface area contributed by atoms with Crippen LogP contribution in [0.1, 0.15) is 49.3 Å². The first-order chi connectivity index (χ1) is 7.62. The van der Waals surface area contributed by atoms with E-state index in [1.54, 1.807) is 0 Å². The van der Waals surface area contributed by atoms with Gasteiger partial charge in [-0.1, -0.05) is 31.0 Å². The van der Waals surface area contributed by atoms with E-state index < -0.39 is 0 Å². The average Bonchev–Trinajstić information content (AvgIpc) is 2.48. The summed E-state index contributed by atoms with van der Waals surface area (Å²) in [6.45, 7) is 7.90. The van der Waals surface area contributed by atoms with E-state index in [0.29, 0.717) is 0 Å². The number of benzene rings is 1. The second-order valence-corrected chi connectivity index (χ2v) is 5.37. The summed E-state index contributed by atoms with van der Waals surface area (Å²) in [6.07, 6.45) is 5.29. The lowest BCUT2D eigenvalue weighted by Crippen LogP contribution is -2.38. The summed E-state index contributed by atoms with van der Waals surface area (Å²) in [4.78, 5) is 0. The minimum absolute atomic E-state index is 0.189. The Morgan fingerprint density at radius 3 is 2.62 bits per heavy atom. The third-order valence-electron chi connectivity index (χ3n) is 4.01. The van der Waals surface area contributed by atoms with Crippen molar-refractivity contribution in [2.24, 2.45) is 0 Å². The van der Waals surface area contributed by atoms with Gasteiger partial charge >= 0.3 is 0 Å². The van der Waals surface area contributed by atoms with Crippen molar-refractivity contribution in [3.8, 4) is 0 Å². The van der Waals surface area contributed by atoms with Gasteiger partial charge in [-0.05, 0) is 56.8 Å². The van der Waals surface area contributed by atoms with Crippen LogP contribution >= 0.6 is 0 Å². The number of rotatable bonds is 1. The largest absolute Gasteiger partial charge is 0.308 e. The molecule has 1 heterocycles. The summed E-state index contributed by atoms with van der Waals surface area (Å²) >= 11 is 0. The van der Waals surface area contributed by atoms with Crippen molar-refractivity contribution >= 4 is 0 Å². The molecule has 0 bridgehead atoms. The summed E-state index contributed by atoms with van der Waals surface area (Å²) in [5.74, 6) is 0. The maximum atomic E-state index is 3.72. The normalized spacial score (nSPS) is 26.4. The number of hydrogen-bond donors (Lipinski definition) is 1. The van der Waals surface area contributed by atoms with Gasteiger partial charge in [0.15, 0.2) is 0 Å². The lowest BCUT2D eigenvalue weighted by molar-refractivity contribution is 0.359. The standard InChI is InChI=1S/C15H23N/c1-12-7-8-14(11-13(12)2)15(3)9-5-4-6-10-16-15/h7-8,11,16H,4-6,9-10H2,1-3H3. The van der Waals surface area contributed by atoms with Crippen LogP contribution in [0.25, 0.3) is 0 Å². The van der Waals surface area contributed by atoms with Gasteiger partial charge in [-0.3, -0.25) is 0 Å². The molecule has 0 saturated carbocycles. The van der Waals surface area contributed by atoms with E-state index in [9.17, 15) is 0 Å². The van der Waals surface area contributed by atoms with E-state index in [-0.39, 0.29) is 5.54 Å². The Bertz CT molecular complexity index is 360. The van der Waals surface area contributed by atoms with Crippen molar-refractivity contribution in [3.05, 3.63) is 34.9 Å². The van der Waals surface area contributed by atoms with Gasteiger partial charge in [-0.2, -0.15) is 0 Å². The Balaban J connectivity index is 2.29. The molecule has 1 unspecified atom stereocenters. The fourth-order valence-corrected chi connectivity index (χ4v) is 2.56. The molecule has 0 aliphatic carbocycles. The predicted molar refractivity (Wildman–Crippen MR) is 69.7 cm³/mol. The fraction of sp³-hybridized carbons (Fsp3) is 0.600. The molecule has 16 heavy (non-hydrogen) atoms. The molecule has 1 aliphatic rings. The molecule has 0 aromatic heterocycles. The quantitative estimate of drug-likeness (QED) is 0.756. The van der Waals surface area contributed by atoms with Crippen LogP contribution in [0.3, 0.4) is 0 Å². The highest BCUT2D eigenvalue weighted by molar-refractivity contribution is 5.34. The molecule has 1 fully saturated rings. The van der Waals surface area contributed by atoms with E-state index in [1.807, 2.05) is 0 Å². The zero-order valence-corrected chi connectivity index (χ0v) is 10.8. The van der Waals surface area contributed by atoms with Crippen molar-refractivity contribution in [2.45, 2.75) is 52.0 Å². The van der Waals surface area contributed by atoms with E-state index >= 15 is 0 Å². The van der Waals surface area contributed by atoms with E-state index in [0.717, 1.165) is 6.54 Å². The molecule has 1 heteroatoms. The van der Waals surface area contributed by atoms with Gasteiger partial charge < -0.3 is 5.32 Å². The van der Waals surface area contributed by atoms with E-state index in [2.05, 4.69) is 44.3 Å². The van der Waals surface area contributed by atoms with Crippen LogP contribution < -0.4 is 5.32 Å². The molecule has 88 valence electrons. The van der Waals surface area contributed by atoms with Crippen LogP contribution in [0.2, 0.25) is 0 Å². The monoisotopic (exact) mass is 217 g/mol. The maximum absolute atomic E-state index is 3.72. The average molecular weight is 217 g/mol. The highest BCUT2D eigenvalue weighted by Crippen LogP contribution is 2.30. The number of nitrogens with one attached hydrogen (secondary N) is 1. The van der Waals surface area contributed by atoms with Crippen molar-refractivity contribution in [2.75, 3.05) is 6.54 Å². The molecule has 2 rings (SSSR count). The van der Waals surface area contributed by atoms with Crippen molar-refractivity contribution < 1.29 is 0 Å². The molecule has 0 amide bonds. The topological polar surface area (TPSA) is 12.0 Å². The second kappa shape index (κ2) is 4.58. The lowest BCUT2D eigenvalue weighted by Gasteiger charge is -2.30. The molecule has 0 radical (unpaired) electrons. The van der Waals surface area contributed by atoms with Crippen LogP contribution in [0, 0.1) is 13.8 Å². The number of hydrogen-bond acceptors (Lipinski definition) is 1. The van der Waals surface area contributed by atoms with Gasteiger partial charge in [-0.25, -0.2) is 0 Å². The molecule has 1 atom stereocenters. The molecule has 1 aromatic carbocycles. The summed E-state index contributed by atoms with van der Waals surface area (Å²) in [5.41, 5.74) is 4.44. The van der Waals surface area contributed by atoms with Gasteiger partial charge in [0.25, 0.3) is 0 Å². The van der Waals surface area contributed by atoms with Gasteiger partial charge in [0.2, 0.25) is 0 Å². The SMILES string of the molecule is Cc1ccc(C2(C)CCCCCN2)cc1C. The molecule has 1 nitrogen and oxygen atoms in total. The highest BCUT2D eigenvalue weighted by atomic mass is 15.0. The first kappa shape index (κ1) is 11.7. The molecular weight excluding hydrogens is 194 g/mol. The fourth-order valence-electron chi connectivity index (χ4n) is 2.56. The summed E-state index contributed by atoms with van der Waals surface area (Å²) < 4.78 is 0. The Hall–Kier alpha value is -0.820. The second-order valence-electron chi connectivity index (χ2n) is 5.37. The van der Waals surface area contributed by atoms with Gasteiger partial charge in [0.1, 0.15) is 0 Å². The summed E-state index contributed by atoms with van der Waals surface area (Å²) in [5, 5.41) is 3.72. The lowest BCUT2D eigenvalue weighted by atomic mass is 9.86. The maximum Gasteiger partial charge on any atom is 0.0406 e. The van der Waals surface area contributed by atoms with E-state index in [1.165, 1.54) is 42.4 Å². The van der Waals surface area contributed by atoms with Gasteiger partial charge in [0, 0.05) is 5.54 Å². The highest BCUT2D eigenvalue weighted by Gasteiger charge is 2.27. The third kappa shape index (κ3) is 2.30. The van der Waals surface area contributed by atoms with Crippen molar-refractivity contribution in [1.82, 2.24) is 5.32 Å². The molecule has 1 saturated heterocycles.